The number of hydrogen-bond acceptors (Lipinski definition) is 3. The van der Waals surface area contributed by atoms with E-state index in [-0.39, 0.29) is 6.04 Å². The Bertz CT molecular complexity index is 554. The van der Waals surface area contributed by atoms with E-state index in [2.05, 4.69) is 32.3 Å². The van der Waals surface area contributed by atoms with Crippen LogP contribution in [0.1, 0.15) is 18.5 Å². The van der Waals surface area contributed by atoms with Crippen molar-refractivity contribution in [2.24, 2.45) is 4.99 Å². The minimum Gasteiger partial charge on any atom is -0.355 e. The first kappa shape index (κ1) is 16.6. The van der Waals surface area contributed by atoms with Gasteiger partial charge >= 0.3 is 0 Å². The normalized spacial score (nSPS) is 28.5. The molecule has 126 valence electrons. The van der Waals surface area contributed by atoms with E-state index in [1.165, 1.54) is 26.2 Å². The van der Waals surface area contributed by atoms with Crippen LogP contribution in [0.2, 0.25) is 5.02 Å². The highest BCUT2D eigenvalue weighted by Gasteiger charge is 2.31. The smallest absolute Gasteiger partial charge is 0.191 e. The summed E-state index contributed by atoms with van der Waals surface area (Å²) in [6.45, 7) is 8.99. The molecule has 23 heavy (non-hydrogen) atoms. The summed E-state index contributed by atoms with van der Waals surface area (Å²) < 4.78 is 0. The highest BCUT2D eigenvalue weighted by atomic mass is 35.5. The van der Waals surface area contributed by atoms with Crippen molar-refractivity contribution in [3.8, 4) is 0 Å². The number of nitrogens with one attached hydrogen (secondary N) is 2. The molecule has 3 saturated heterocycles. The molecule has 0 aromatic heterocycles. The molecule has 0 spiro atoms. The summed E-state index contributed by atoms with van der Waals surface area (Å²) in [5, 5.41) is 7.69. The van der Waals surface area contributed by atoms with Crippen LogP contribution in [0.3, 0.4) is 0 Å². The van der Waals surface area contributed by atoms with Crippen LogP contribution in [-0.4, -0.2) is 68.1 Å². The van der Waals surface area contributed by atoms with Gasteiger partial charge in [0.05, 0.1) is 6.04 Å². The van der Waals surface area contributed by atoms with Crippen molar-refractivity contribution in [2.45, 2.75) is 19.0 Å². The number of rotatable bonds is 4. The van der Waals surface area contributed by atoms with Crippen molar-refractivity contribution in [1.29, 1.82) is 0 Å². The molecule has 5 nitrogen and oxygen atoms in total. The maximum Gasteiger partial charge on any atom is 0.191 e. The van der Waals surface area contributed by atoms with Gasteiger partial charge in [-0.2, -0.15) is 0 Å². The lowest BCUT2D eigenvalue weighted by molar-refractivity contribution is 0.0154. The van der Waals surface area contributed by atoms with Gasteiger partial charge in [-0.25, -0.2) is 0 Å². The Hall–Kier alpha value is -1.30. The van der Waals surface area contributed by atoms with Gasteiger partial charge in [0, 0.05) is 57.4 Å². The Morgan fingerprint density at radius 3 is 2.65 bits per heavy atom. The molecule has 4 rings (SSSR count). The Morgan fingerprint density at radius 2 is 2.04 bits per heavy atom. The Kier molecular flexibility index (Phi) is 5.41. The summed E-state index contributed by atoms with van der Waals surface area (Å²) in [5.41, 5.74) is 1.09. The molecule has 1 aromatic rings. The second-order valence-corrected chi connectivity index (χ2v) is 6.74. The van der Waals surface area contributed by atoms with Crippen LogP contribution < -0.4 is 10.6 Å². The largest absolute Gasteiger partial charge is 0.355 e. The van der Waals surface area contributed by atoms with E-state index in [1.54, 1.807) is 0 Å². The Labute approximate surface area is 143 Å². The third kappa shape index (κ3) is 3.97. The van der Waals surface area contributed by atoms with Gasteiger partial charge in [0.2, 0.25) is 0 Å². The van der Waals surface area contributed by atoms with E-state index in [1.807, 2.05) is 31.3 Å². The maximum atomic E-state index is 6.27. The van der Waals surface area contributed by atoms with Gasteiger partial charge < -0.3 is 10.6 Å². The monoisotopic (exact) mass is 335 g/mol. The van der Waals surface area contributed by atoms with Crippen molar-refractivity contribution >= 4 is 17.6 Å². The molecular formula is C17H26ClN5. The molecule has 1 aromatic carbocycles. The molecule has 0 aliphatic carbocycles. The molecule has 0 radical (unpaired) electrons. The van der Waals surface area contributed by atoms with Crippen LogP contribution in [0, 0.1) is 0 Å². The lowest BCUT2D eigenvalue weighted by Gasteiger charge is -2.47. The van der Waals surface area contributed by atoms with Crippen molar-refractivity contribution in [2.75, 3.05) is 46.3 Å². The number of guanidine groups is 1. The zero-order chi connectivity index (χ0) is 16.2. The molecule has 2 unspecified atom stereocenters. The van der Waals surface area contributed by atoms with Crippen LogP contribution in [0.15, 0.2) is 29.3 Å². The number of benzene rings is 1. The summed E-state index contributed by atoms with van der Waals surface area (Å²) in [5.74, 6) is 0.829. The zero-order valence-corrected chi connectivity index (χ0v) is 14.7. The molecule has 2 atom stereocenters. The Morgan fingerprint density at radius 1 is 1.30 bits per heavy atom. The van der Waals surface area contributed by atoms with Crippen LogP contribution >= 0.6 is 11.6 Å². The molecule has 3 heterocycles. The summed E-state index contributed by atoms with van der Waals surface area (Å²) in [4.78, 5) is 9.48. The molecule has 3 fully saturated rings. The van der Waals surface area contributed by atoms with E-state index >= 15 is 0 Å². The van der Waals surface area contributed by atoms with Gasteiger partial charge in [-0.15, -0.1) is 0 Å². The number of fused-ring (bicyclic) bond motifs is 3. The number of halogens is 1. The van der Waals surface area contributed by atoms with Crippen LogP contribution in [0.25, 0.3) is 0 Å². The van der Waals surface area contributed by atoms with Gasteiger partial charge in [0.15, 0.2) is 5.96 Å². The van der Waals surface area contributed by atoms with Crippen LogP contribution in [-0.2, 0) is 0 Å². The summed E-state index contributed by atoms with van der Waals surface area (Å²) >= 11 is 6.27. The van der Waals surface area contributed by atoms with Gasteiger partial charge in [-0.05, 0) is 18.6 Å². The third-order valence-electron chi connectivity index (χ3n) is 4.85. The molecule has 2 bridgehead atoms. The van der Waals surface area contributed by atoms with Crippen molar-refractivity contribution in [3.05, 3.63) is 34.9 Å². The molecular weight excluding hydrogens is 310 g/mol. The molecule has 3 aliphatic rings. The van der Waals surface area contributed by atoms with E-state index in [0.29, 0.717) is 6.04 Å². The molecule has 3 aliphatic heterocycles. The predicted octanol–water partition coefficient (Wildman–Crippen LogP) is 1.57. The highest BCUT2D eigenvalue weighted by molar-refractivity contribution is 6.31. The average Bonchev–Trinajstić information content (AvgIpc) is 2.59. The van der Waals surface area contributed by atoms with E-state index in [9.17, 15) is 0 Å². The molecule has 2 N–H and O–H groups in total. The topological polar surface area (TPSA) is 42.9 Å². The van der Waals surface area contributed by atoms with Gasteiger partial charge in [-0.3, -0.25) is 14.8 Å². The van der Waals surface area contributed by atoms with E-state index in [4.69, 9.17) is 11.6 Å². The van der Waals surface area contributed by atoms with Crippen molar-refractivity contribution in [3.63, 3.8) is 0 Å². The first-order valence-corrected chi connectivity index (χ1v) is 8.73. The SMILES string of the molecule is CN=C(NCC1CN2CCN1CC2)NC(C)c1ccccc1Cl. The fourth-order valence-corrected chi connectivity index (χ4v) is 3.74. The fraction of sp³-hybridized carbons (Fsp3) is 0.588. The number of hydrogen-bond donors (Lipinski definition) is 2. The minimum absolute atomic E-state index is 0.113. The lowest BCUT2D eigenvalue weighted by atomic mass is 10.1. The van der Waals surface area contributed by atoms with Crippen molar-refractivity contribution in [1.82, 2.24) is 20.4 Å². The minimum atomic E-state index is 0.113. The quantitative estimate of drug-likeness (QED) is 0.647. The molecule has 6 heteroatoms. The molecule has 0 amide bonds. The van der Waals surface area contributed by atoms with Gasteiger partial charge in [0.25, 0.3) is 0 Å². The first-order valence-electron chi connectivity index (χ1n) is 8.35. The number of aliphatic imine (C=N–C) groups is 1. The zero-order valence-electron chi connectivity index (χ0n) is 13.9. The van der Waals surface area contributed by atoms with Crippen LogP contribution in [0.5, 0.6) is 0 Å². The van der Waals surface area contributed by atoms with E-state index in [0.717, 1.165) is 29.6 Å². The number of piperazine rings is 3. The average molecular weight is 336 g/mol. The molecule has 0 saturated carbocycles. The van der Waals surface area contributed by atoms with Crippen molar-refractivity contribution < 1.29 is 0 Å². The van der Waals surface area contributed by atoms with E-state index < -0.39 is 0 Å². The fourth-order valence-electron chi connectivity index (χ4n) is 3.44. The highest BCUT2D eigenvalue weighted by Crippen LogP contribution is 2.22. The van der Waals surface area contributed by atoms with Gasteiger partial charge in [0.1, 0.15) is 0 Å². The van der Waals surface area contributed by atoms with Crippen LogP contribution in [0.4, 0.5) is 0 Å². The maximum absolute atomic E-state index is 6.27. The standard InChI is InChI=1S/C17H26ClN5/c1-13(15-5-3-4-6-16(15)18)21-17(19-2)20-11-14-12-22-7-9-23(14)10-8-22/h3-6,13-14H,7-12H2,1-2H3,(H2,19,20,21). The second kappa shape index (κ2) is 7.51. The second-order valence-electron chi connectivity index (χ2n) is 6.33. The summed E-state index contributed by atoms with van der Waals surface area (Å²) in [6.07, 6.45) is 0. The predicted molar refractivity (Wildman–Crippen MR) is 96.2 cm³/mol. The summed E-state index contributed by atoms with van der Waals surface area (Å²) in [6, 6.07) is 8.62. The first-order chi connectivity index (χ1) is 11.2. The number of nitrogens with zero attached hydrogens (tertiary/aromatic N) is 3. The third-order valence-corrected chi connectivity index (χ3v) is 5.19. The lowest BCUT2D eigenvalue weighted by Crippen LogP contribution is -2.63. The summed E-state index contributed by atoms with van der Waals surface area (Å²) in [7, 11) is 1.81. The van der Waals surface area contributed by atoms with Gasteiger partial charge in [-0.1, -0.05) is 29.8 Å². The Balaban J connectivity index is 1.53.